The van der Waals surface area contributed by atoms with Crippen LogP contribution in [0.2, 0.25) is 0 Å². The van der Waals surface area contributed by atoms with E-state index >= 15 is 0 Å². The van der Waals surface area contributed by atoms with Crippen molar-refractivity contribution in [1.82, 2.24) is 10.0 Å². The third-order valence-corrected chi connectivity index (χ3v) is 4.96. The van der Waals surface area contributed by atoms with Crippen molar-refractivity contribution in [2.75, 3.05) is 13.7 Å². The first-order valence-electron chi connectivity index (χ1n) is 7.38. The zero-order valence-corrected chi connectivity index (χ0v) is 14.1. The Labute approximate surface area is 128 Å². The molecule has 1 aromatic carbocycles. The van der Waals surface area contributed by atoms with Crippen molar-refractivity contribution in [3.8, 4) is 5.75 Å². The second-order valence-electron chi connectivity index (χ2n) is 4.90. The Bertz CT molecular complexity index is 540. The molecule has 0 saturated carbocycles. The van der Waals surface area contributed by atoms with Gasteiger partial charge in [0.1, 0.15) is 10.6 Å². The van der Waals surface area contributed by atoms with Gasteiger partial charge in [0.2, 0.25) is 10.0 Å². The summed E-state index contributed by atoms with van der Waals surface area (Å²) in [6.07, 6.45) is 1.52. The molecule has 6 heteroatoms. The van der Waals surface area contributed by atoms with Gasteiger partial charge in [-0.05, 0) is 37.1 Å². The zero-order valence-electron chi connectivity index (χ0n) is 13.3. The van der Waals surface area contributed by atoms with E-state index in [1.807, 2.05) is 26.8 Å². The molecule has 0 aromatic heterocycles. The van der Waals surface area contributed by atoms with Crippen LogP contribution in [0.15, 0.2) is 23.1 Å². The third-order valence-electron chi connectivity index (χ3n) is 3.40. The van der Waals surface area contributed by atoms with Crippen LogP contribution in [0.3, 0.4) is 0 Å². The Morgan fingerprint density at radius 2 is 1.86 bits per heavy atom. The predicted octanol–water partition coefficient (Wildman–Crippen LogP) is 2.27. The van der Waals surface area contributed by atoms with Crippen molar-refractivity contribution in [2.24, 2.45) is 0 Å². The van der Waals surface area contributed by atoms with Crippen molar-refractivity contribution < 1.29 is 13.2 Å². The van der Waals surface area contributed by atoms with E-state index < -0.39 is 10.0 Å². The molecule has 1 rings (SSSR count). The Morgan fingerprint density at radius 1 is 1.19 bits per heavy atom. The summed E-state index contributed by atoms with van der Waals surface area (Å²) in [7, 11) is -2.07. The molecule has 0 saturated heterocycles. The van der Waals surface area contributed by atoms with Gasteiger partial charge >= 0.3 is 0 Å². The SMILES string of the molecule is CCNCc1ccc(S(=O)(=O)NC(CC)CC)c(OC)c1. The molecule has 5 nitrogen and oxygen atoms in total. The first-order valence-corrected chi connectivity index (χ1v) is 8.86. The fourth-order valence-electron chi connectivity index (χ4n) is 2.05. The first-order chi connectivity index (χ1) is 9.98. The molecule has 0 heterocycles. The minimum absolute atomic E-state index is 0.0545. The normalized spacial score (nSPS) is 11.9. The maximum atomic E-state index is 12.5. The van der Waals surface area contributed by atoms with Gasteiger partial charge in [-0.3, -0.25) is 0 Å². The van der Waals surface area contributed by atoms with Gasteiger partial charge in [0, 0.05) is 12.6 Å². The minimum atomic E-state index is -3.56. The van der Waals surface area contributed by atoms with Gasteiger partial charge in [-0.1, -0.05) is 26.8 Å². The topological polar surface area (TPSA) is 67.4 Å². The Hall–Kier alpha value is -1.11. The molecule has 21 heavy (non-hydrogen) atoms. The summed E-state index contributed by atoms with van der Waals surface area (Å²) >= 11 is 0. The van der Waals surface area contributed by atoms with E-state index in [-0.39, 0.29) is 10.9 Å². The van der Waals surface area contributed by atoms with Crippen LogP contribution in [0.1, 0.15) is 39.2 Å². The van der Waals surface area contributed by atoms with Gasteiger partial charge < -0.3 is 10.1 Å². The van der Waals surface area contributed by atoms with Crippen LogP contribution in [-0.4, -0.2) is 28.1 Å². The standard InChI is InChI=1S/C15H26N2O3S/c1-5-13(6-2)17-21(18,19)15-9-8-12(11-16-7-3)10-14(15)20-4/h8-10,13,16-17H,5-7,11H2,1-4H3. The van der Waals surface area contributed by atoms with E-state index in [1.54, 1.807) is 12.1 Å². The van der Waals surface area contributed by atoms with Crippen LogP contribution in [0.5, 0.6) is 5.75 Å². The molecular formula is C15H26N2O3S. The predicted molar refractivity (Wildman–Crippen MR) is 85.1 cm³/mol. The summed E-state index contributed by atoms with van der Waals surface area (Å²) in [5.74, 6) is 0.379. The monoisotopic (exact) mass is 314 g/mol. The highest BCUT2D eigenvalue weighted by Crippen LogP contribution is 2.25. The van der Waals surface area contributed by atoms with E-state index in [0.717, 1.165) is 24.9 Å². The third kappa shape index (κ3) is 4.98. The van der Waals surface area contributed by atoms with Crippen molar-refractivity contribution in [3.05, 3.63) is 23.8 Å². The molecule has 0 unspecified atom stereocenters. The maximum Gasteiger partial charge on any atom is 0.244 e. The van der Waals surface area contributed by atoms with Gasteiger partial charge in [-0.25, -0.2) is 13.1 Å². The lowest BCUT2D eigenvalue weighted by Gasteiger charge is -2.17. The van der Waals surface area contributed by atoms with Crippen molar-refractivity contribution >= 4 is 10.0 Å². The Kier molecular flexibility index (Phi) is 7.14. The smallest absolute Gasteiger partial charge is 0.244 e. The van der Waals surface area contributed by atoms with Gasteiger partial charge in [-0.2, -0.15) is 0 Å². The number of ether oxygens (including phenoxy) is 1. The maximum absolute atomic E-state index is 12.5. The van der Waals surface area contributed by atoms with E-state index in [1.165, 1.54) is 7.11 Å². The fourth-order valence-corrected chi connectivity index (χ4v) is 3.60. The molecule has 0 fully saturated rings. The zero-order chi connectivity index (χ0) is 15.9. The summed E-state index contributed by atoms with van der Waals surface area (Å²) in [5, 5.41) is 3.20. The van der Waals surface area contributed by atoms with Crippen LogP contribution in [0.4, 0.5) is 0 Å². The average Bonchev–Trinajstić information content (AvgIpc) is 2.50. The van der Waals surface area contributed by atoms with E-state index in [2.05, 4.69) is 10.0 Å². The van der Waals surface area contributed by atoms with Crippen LogP contribution in [0, 0.1) is 0 Å². The fraction of sp³-hybridized carbons (Fsp3) is 0.600. The second kappa shape index (κ2) is 8.36. The molecule has 0 aliphatic carbocycles. The number of sulfonamides is 1. The van der Waals surface area contributed by atoms with Gasteiger partial charge in [0.05, 0.1) is 7.11 Å². The van der Waals surface area contributed by atoms with Crippen LogP contribution in [0.25, 0.3) is 0 Å². The van der Waals surface area contributed by atoms with Crippen molar-refractivity contribution in [2.45, 2.75) is 51.1 Å². The highest BCUT2D eigenvalue weighted by Gasteiger charge is 2.22. The molecule has 0 radical (unpaired) electrons. The Balaban J connectivity index is 3.05. The summed E-state index contributed by atoms with van der Waals surface area (Å²) in [5.41, 5.74) is 0.996. The average molecular weight is 314 g/mol. The van der Waals surface area contributed by atoms with Crippen LogP contribution >= 0.6 is 0 Å². The molecular weight excluding hydrogens is 288 g/mol. The number of rotatable bonds is 9. The number of hydrogen-bond donors (Lipinski definition) is 2. The van der Waals surface area contributed by atoms with E-state index in [0.29, 0.717) is 12.3 Å². The van der Waals surface area contributed by atoms with Gasteiger partial charge in [-0.15, -0.1) is 0 Å². The molecule has 0 atom stereocenters. The molecule has 0 spiro atoms. The van der Waals surface area contributed by atoms with Gasteiger partial charge in [0.25, 0.3) is 0 Å². The lowest BCUT2D eigenvalue weighted by atomic mass is 10.2. The molecule has 2 N–H and O–H groups in total. The number of methoxy groups -OCH3 is 1. The van der Waals surface area contributed by atoms with Crippen molar-refractivity contribution in [1.29, 1.82) is 0 Å². The lowest BCUT2D eigenvalue weighted by Crippen LogP contribution is -2.34. The lowest BCUT2D eigenvalue weighted by molar-refractivity contribution is 0.401. The summed E-state index contributed by atoms with van der Waals surface area (Å²) in [6, 6.07) is 5.13. The molecule has 0 aliphatic heterocycles. The second-order valence-corrected chi connectivity index (χ2v) is 6.58. The molecule has 120 valence electrons. The molecule has 0 bridgehead atoms. The minimum Gasteiger partial charge on any atom is -0.495 e. The number of hydrogen-bond acceptors (Lipinski definition) is 4. The summed E-state index contributed by atoms with van der Waals surface area (Å²) in [4.78, 5) is 0.192. The summed E-state index contributed by atoms with van der Waals surface area (Å²) < 4.78 is 32.9. The van der Waals surface area contributed by atoms with E-state index in [4.69, 9.17) is 4.74 Å². The largest absolute Gasteiger partial charge is 0.495 e. The first kappa shape index (κ1) is 17.9. The molecule has 0 aliphatic rings. The van der Waals surface area contributed by atoms with Crippen molar-refractivity contribution in [3.63, 3.8) is 0 Å². The highest BCUT2D eigenvalue weighted by molar-refractivity contribution is 7.89. The van der Waals surface area contributed by atoms with E-state index in [9.17, 15) is 8.42 Å². The Morgan fingerprint density at radius 3 is 2.38 bits per heavy atom. The highest BCUT2D eigenvalue weighted by atomic mass is 32.2. The van der Waals surface area contributed by atoms with Crippen LogP contribution in [-0.2, 0) is 16.6 Å². The molecule has 1 aromatic rings. The number of benzene rings is 1. The quantitative estimate of drug-likeness (QED) is 0.734. The van der Waals surface area contributed by atoms with Gasteiger partial charge in [0.15, 0.2) is 0 Å². The summed E-state index contributed by atoms with van der Waals surface area (Å²) in [6.45, 7) is 7.50. The molecule has 0 amide bonds. The van der Waals surface area contributed by atoms with Crippen LogP contribution < -0.4 is 14.8 Å². The number of nitrogens with one attached hydrogen (secondary N) is 2.